The molecule has 118 valence electrons. The van der Waals surface area contributed by atoms with E-state index in [0.29, 0.717) is 13.1 Å². The predicted molar refractivity (Wildman–Crippen MR) is 78.6 cm³/mol. The zero-order valence-corrected chi connectivity index (χ0v) is 13.5. The fraction of sp³-hybridized carbons (Fsp3) is 0.500. The van der Waals surface area contributed by atoms with Gasteiger partial charge in [-0.05, 0) is 32.0 Å². The molecule has 1 fully saturated rings. The van der Waals surface area contributed by atoms with Crippen LogP contribution in [0, 0.1) is 0 Å². The summed E-state index contributed by atoms with van der Waals surface area (Å²) in [5, 5.41) is 8.29. The Balaban J connectivity index is 2.40. The SMILES string of the molecule is C[C@@H]1CN(S(=O)(=O)c2cccc(S(N)(=O)=O)c2)C[C@@H](C)N1. The second-order valence-corrected chi connectivity index (χ2v) is 8.81. The van der Waals surface area contributed by atoms with Crippen LogP contribution in [0.2, 0.25) is 0 Å². The Labute approximate surface area is 125 Å². The number of hydrogen-bond acceptors (Lipinski definition) is 5. The monoisotopic (exact) mass is 333 g/mol. The van der Waals surface area contributed by atoms with Gasteiger partial charge >= 0.3 is 0 Å². The summed E-state index contributed by atoms with van der Waals surface area (Å²) >= 11 is 0. The smallest absolute Gasteiger partial charge is 0.243 e. The zero-order chi connectivity index (χ0) is 15.8. The summed E-state index contributed by atoms with van der Waals surface area (Å²) in [6.07, 6.45) is 0. The molecule has 0 saturated carbocycles. The van der Waals surface area contributed by atoms with Crippen molar-refractivity contribution in [3.63, 3.8) is 0 Å². The molecule has 0 amide bonds. The van der Waals surface area contributed by atoms with Gasteiger partial charge in [0.05, 0.1) is 9.79 Å². The lowest BCUT2D eigenvalue weighted by Crippen LogP contribution is -2.55. The Morgan fingerprint density at radius 2 is 1.62 bits per heavy atom. The van der Waals surface area contributed by atoms with Gasteiger partial charge in [0.2, 0.25) is 20.0 Å². The number of nitrogens with two attached hydrogens (primary N) is 1. The molecule has 2 atom stereocenters. The molecule has 21 heavy (non-hydrogen) atoms. The van der Waals surface area contributed by atoms with Gasteiger partial charge in [-0.2, -0.15) is 4.31 Å². The fourth-order valence-electron chi connectivity index (χ4n) is 2.43. The highest BCUT2D eigenvalue weighted by Crippen LogP contribution is 2.21. The number of piperazine rings is 1. The van der Waals surface area contributed by atoms with E-state index < -0.39 is 20.0 Å². The number of hydrogen-bond donors (Lipinski definition) is 2. The average molecular weight is 333 g/mol. The molecule has 0 spiro atoms. The Bertz CT molecular complexity index is 721. The molecule has 0 unspecified atom stereocenters. The van der Waals surface area contributed by atoms with Gasteiger partial charge < -0.3 is 5.32 Å². The normalized spacial score (nSPS) is 24.9. The highest BCUT2D eigenvalue weighted by molar-refractivity contribution is 7.90. The topological polar surface area (TPSA) is 110 Å². The maximum Gasteiger partial charge on any atom is 0.243 e. The summed E-state index contributed by atoms with van der Waals surface area (Å²) in [6, 6.07) is 5.19. The Morgan fingerprint density at radius 1 is 1.10 bits per heavy atom. The van der Waals surface area contributed by atoms with E-state index in [1.165, 1.54) is 22.5 Å². The number of nitrogens with one attached hydrogen (secondary N) is 1. The quantitative estimate of drug-likeness (QED) is 0.789. The number of primary sulfonamides is 1. The standard InChI is InChI=1S/C12H19N3O4S2/c1-9-7-15(8-10(2)14-9)21(18,19)12-5-3-4-11(6-12)20(13,16)17/h3-6,9-10,14H,7-8H2,1-2H3,(H2,13,16,17)/t9-,10-/m1/s1. The van der Waals surface area contributed by atoms with Crippen molar-refractivity contribution in [3.8, 4) is 0 Å². The van der Waals surface area contributed by atoms with E-state index in [1.807, 2.05) is 13.8 Å². The maximum absolute atomic E-state index is 12.6. The molecule has 1 aromatic rings. The average Bonchev–Trinajstić information content (AvgIpc) is 2.36. The van der Waals surface area contributed by atoms with Crippen molar-refractivity contribution in [3.05, 3.63) is 24.3 Å². The Morgan fingerprint density at radius 3 is 2.14 bits per heavy atom. The van der Waals surface area contributed by atoms with Crippen molar-refractivity contribution in [1.82, 2.24) is 9.62 Å². The van der Waals surface area contributed by atoms with Gasteiger partial charge in [0, 0.05) is 25.2 Å². The first kappa shape index (κ1) is 16.4. The van der Waals surface area contributed by atoms with Gasteiger partial charge in [-0.3, -0.25) is 0 Å². The largest absolute Gasteiger partial charge is 0.309 e. The zero-order valence-electron chi connectivity index (χ0n) is 11.9. The molecular formula is C12H19N3O4S2. The predicted octanol–water partition coefficient (Wildman–Crippen LogP) is -0.295. The van der Waals surface area contributed by atoms with E-state index in [4.69, 9.17) is 5.14 Å². The van der Waals surface area contributed by atoms with Gasteiger partial charge in [0.25, 0.3) is 0 Å². The highest BCUT2D eigenvalue weighted by atomic mass is 32.2. The minimum Gasteiger partial charge on any atom is -0.309 e. The number of nitrogens with zero attached hydrogens (tertiary/aromatic N) is 1. The van der Waals surface area contributed by atoms with Crippen LogP contribution in [0.15, 0.2) is 34.1 Å². The molecule has 1 aliphatic rings. The molecule has 9 heteroatoms. The second kappa shape index (κ2) is 5.65. The van der Waals surface area contributed by atoms with Crippen LogP contribution in [0.25, 0.3) is 0 Å². The van der Waals surface area contributed by atoms with E-state index in [2.05, 4.69) is 5.32 Å². The minimum atomic E-state index is -3.93. The number of benzene rings is 1. The van der Waals surface area contributed by atoms with Crippen molar-refractivity contribution in [2.45, 2.75) is 35.7 Å². The van der Waals surface area contributed by atoms with Crippen LogP contribution in [0.4, 0.5) is 0 Å². The van der Waals surface area contributed by atoms with Gasteiger partial charge in [0.15, 0.2) is 0 Å². The molecule has 0 aromatic heterocycles. The Kier molecular flexibility index (Phi) is 4.41. The lowest BCUT2D eigenvalue weighted by molar-refractivity contribution is 0.263. The van der Waals surface area contributed by atoms with Gasteiger partial charge in [0.1, 0.15) is 0 Å². The van der Waals surface area contributed by atoms with Crippen LogP contribution in [0.3, 0.4) is 0 Å². The van der Waals surface area contributed by atoms with Gasteiger partial charge in [-0.15, -0.1) is 0 Å². The molecule has 1 aromatic carbocycles. The molecule has 3 N–H and O–H groups in total. The van der Waals surface area contributed by atoms with E-state index in [9.17, 15) is 16.8 Å². The molecular weight excluding hydrogens is 314 g/mol. The van der Waals surface area contributed by atoms with Crippen molar-refractivity contribution < 1.29 is 16.8 Å². The third-order valence-corrected chi connectivity index (χ3v) is 6.03. The molecule has 1 heterocycles. The molecule has 1 saturated heterocycles. The summed E-state index contributed by atoms with van der Waals surface area (Å²) < 4.78 is 49.3. The van der Waals surface area contributed by atoms with Crippen LogP contribution in [0.1, 0.15) is 13.8 Å². The fourth-order valence-corrected chi connectivity index (χ4v) is 4.73. The van der Waals surface area contributed by atoms with Crippen molar-refractivity contribution >= 4 is 20.0 Å². The molecule has 1 aliphatic heterocycles. The minimum absolute atomic E-state index is 0.0324. The van der Waals surface area contributed by atoms with E-state index in [-0.39, 0.29) is 21.9 Å². The van der Waals surface area contributed by atoms with E-state index >= 15 is 0 Å². The van der Waals surface area contributed by atoms with Gasteiger partial charge in [-0.25, -0.2) is 22.0 Å². The molecule has 2 rings (SSSR count). The number of sulfonamides is 2. The van der Waals surface area contributed by atoms with Crippen LogP contribution >= 0.6 is 0 Å². The van der Waals surface area contributed by atoms with Gasteiger partial charge in [-0.1, -0.05) is 6.07 Å². The summed E-state index contributed by atoms with van der Waals surface area (Å²) in [5.41, 5.74) is 0. The van der Waals surface area contributed by atoms with Crippen LogP contribution in [0.5, 0.6) is 0 Å². The van der Waals surface area contributed by atoms with E-state index in [0.717, 1.165) is 6.07 Å². The van der Waals surface area contributed by atoms with Crippen molar-refractivity contribution in [2.75, 3.05) is 13.1 Å². The third-order valence-electron chi connectivity index (χ3n) is 3.30. The molecule has 0 aliphatic carbocycles. The lowest BCUT2D eigenvalue weighted by Gasteiger charge is -2.35. The first-order valence-electron chi connectivity index (χ1n) is 6.50. The number of rotatable bonds is 3. The summed E-state index contributed by atoms with van der Waals surface area (Å²) in [7, 11) is -7.67. The molecule has 0 bridgehead atoms. The van der Waals surface area contributed by atoms with Crippen LogP contribution in [-0.2, 0) is 20.0 Å². The molecule has 0 radical (unpaired) electrons. The third kappa shape index (κ3) is 3.61. The lowest BCUT2D eigenvalue weighted by atomic mass is 10.2. The Hall–Kier alpha value is -1.00. The van der Waals surface area contributed by atoms with Crippen LogP contribution < -0.4 is 10.5 Å². The second-order valence-electron chi connectivity index (χ2n) is 5.31. The molecule has 7 nitrogen and oxygen atoms in total. The van der Waals surface area contributed by atoms with Crippen molar-refractivity contribution in [2.24, 2.45) is 5.14 Å². The van der Waals surface area contributed by atoms with Crippen LogP contribution in [-0.4, -0.2) is 46.3 Å². The summed E-state index contributed by atoms with van der Waals surface area (Å²) in [6.45, 7) is 4.48. The maximum atomic E-state index is 12.6. The summed E-state index contributed by atoms with van der Waals surface area (Å²) in [5.74, 6) is 0. The van der Waals surface area contributed by atoms with E-state index in [1.54, 1.807) is 0 Å². The first-order chi connectivity index (χ1) is 9.60. The highest BCUT2D eigenvalue weighted by Gasteiger charge is 2.31. The summed E-state index contributed by atoms with van der Waals surface area (Å²) in [4.78, 5) is -0.268. The van der Waals surface area contributed by atoms with Crippen molar-refractivity contribution in [1.29, 1.82) is 0 Å². The first-order valence-corrected chi connectivity index (χ1v) is 9.48.